The van der Waals surface area contributed by atoms with Crippen LogP contribution in [0.1, 0.15) is 113 Å². The molecule has 0 saturated heterocycles. The highest BCUT2D eigenvalue weighted by atomic mass is 16.4. The van der Waals surface area contributed by atoms with Crippen molar-refractivity contribution in [1.82, 2.24) is 0 Å². The predicted molar refractivity (Wildman–Crippen MR) is 134 cm³/mol. The molecule has 34 heavy (non-hydrogen) atoms. The molecule has 0 aromatic rings. The number of aliphatic hydroxyl groups is 2. The molecule has 3 N–H and O–H groups in total. The summed E-state index contributed by atoms with van der Waals surface area (Å²) in [5, 5.41) is 32.4. The zero-order chi connectivity index (χ0) is 25.1. The summed E-state index contributed by atoms with van der Waals surface area (Å²) in [6, 6.07) is 0. The van der Waals surface area contributed by atoms with Gasteiger partial charge in [0.2, 0.25) is 0 Å². The van der Waals surface area contributed by atoms with Gasteiger partial charge in [-0.15, -0.1) is 0 Å². The second-order valence-electron chi connectivity index (χ2n) is 15.6. The lowest BCUT2D eigenvalue weighted by Crippen LogP contribution is -2.69. The normalized spacial score (nSPS) is 55.8. The Hall–Kier alpha value is -0.610. The molecule has 0 spiro atoms. The van der Waals surface area contributed by atoms with Crippen molar-refractivity contribution in [2.45, 2.75) is 125 Å². The van der Waals surface area contributed by atoms with E-state index in [1.165, 1.54) is 0 Å². The molecule has 0 radical (unpaired) electrons. The van der Waals surface area contributed by atoms with Crippen LogP contribution in [0.3, 0.4) is 0 Å². The van der Waals surface area contributed by atoms with Crippen LogP contribution >= 0.6 is 0 Å². The first kappa shape index (κ1) is 25.1. The van der Waals surface area contributed by atoms with Gasteiger partial charge in [-0.2, -0.15) is 0 Å². The zero-order valence-electron chi connectivity index (χ0n) is 22.8. The number of hydrogen-bond acceptors (Lipinski definition) is 3. The molecule has 0 unspecified atom stereocenters. The molecule has 4 nitrogen and oxygen atoms in total. The lowest BCUT2D eigenvalue weighted by Gasteiger charge is -2.73. The molecule has 10 atom stereocenters. The third kappa shape index (κ3) is 2.93. The van der Waals surface area contributed by atoms with Crippen molar-refractivity contribution in [3.8, 4) is 0 Å². The van der Waals surface area contributed by atoms with E-state index in [1.807, 2.05) is 0 Å². The van der Waals surface area contributed by atoms with Gasteiger partial charge in [0.15, 0.2) is 0 Å². The number of carboxylic acids is 1. The lowest BCUT2D eigenvalue weighted by molar-refractivity contribution is -0.268. The Morgan fingerprint density at radius 1 is 0.706 bits per heavy atom. The van der Waals surface area contributed by atoms with Gasteiger partial charge >= 0.3 is 5.97 Å². The maximum Gasteiger partial charge on any atom is 0.309 e. The first-order chi connectivity index (χ1) is 15.6. The van der Waals surface area contributed by atoms with Crippen molar-refractivity contribution in [2.24, 2.45) is 56.2 Å². The number of aliphatic hydroxyl groups excluding tert-OH is 2. The number of carboxylic acid groups (broad SMARTS) is 1. The van der Waals surface area contributed by atoms with Crippen LogP contribution in [0.4, 0.5) is 0 Å². The minimum absolute atomic E-state index is 0.0102. The molecule has 194 valence electrons. The highest BCUT2D eigenvalue weighted by Gasteiger charge is 2.71. The second-order valence-corrected chi connectivity index (χ2v) is 15.6. The first-order valence-electron chi connectivity index (χ1n) is 14.1. The molecule has 0 aliphatic heterocycles. The SMILES string of the molecule is CC1(C)CC[C@]2(C(=O)O)CC[C@]3(C)[C@H](CC[C@@H]4[C@@]5(C)C[C@@H](O)[C@H](O)C(C)(C)[C@@H]5CC[C@]43C)[C@@H]2C1. The molecule has 5 aliphatic carbocycles. The Kier molecular flexibility index (Phi) is 5.34. The molecule has 4 heteroatoms. The van der Waals surface area contributed by atoms with Crippen LogP contribution in [-0.2, 0) is 4.79 Å². The summed E-state index contributed by atoms with van der Waals surface area (Å²) in [5.74, 6) is 1.11. The topological polar surface area (TPSA) is 77.8 Å². The molecular formula is C30H50O4. The van der Waals surface area contributed by atoms with Crippen molar-refractivity contribution in [2.75, 3.05) is 0 Å². The van der Waals surface area contributed by atoms with Crippen molar-refractivity contribution in [1.29, 1.82) is 0 Å². The molecule has 0 amide bonds. The Bertz CT molecular complexity index is 864. The fourth-order valence-electron chi connectivity index (χ4n) is 11.6. The number of aliphatic carboxylic acids is 1. The Labute approximate surface area is 207 Å². The molecule has 0 heterocycles. The summed E-state index contributed by atoms with van der Waals surface area (Å²) >= 11 is 0. The largest absolute Gasteiger partial charge is 0.481 e. The summed E-state index contributed by atoms with van der Waals surface area (Å²) in [6.45, 7) is 16.5. The Morgan fingerprint density at radius 3 is 2.00 bits per heavy atom. The van der Waals surface area contributed by atoms with E-state index >= 15 is 0 Å². The highest BCUT2D eigenvalue weighted by Crippen LogP contribution is 2.77. The smallest absolute Gasteiger partial charge is 0.309 e. The average Bonchev–Trinajstić information content (AvgIpc) is 2.72. The summed E-state index contributed by atoms with van der Waals surface area (Å²) in [6.07, 6.45) is 8.63. The maximum atomic E-state index is 12.8. The molecule has 0 aromatic carbocycles. The third-order valence-corrected chi connectivity index (χ3v) is 13.6. The van der Waals surface area contributed by atoms with Crippen LogP contribution in [0.2, 0.25) is 0 Å². The van der Waals surface area contributed by atoms with E-state index in [9.17, 15) is 20.1 Å². The fourth-order valence-corrected chi connectivity index (χ4v) is 11.6. The van der Waals surface area contributed by atoms with Gasteiger partial charge in [-0.05, 0) is 115 Å². The summed E-state index contributed by atoms with van der Waals surface area (Å²) in [5.41, 5.74) is -0.314. The molecule has 5 fully saturated rings. The Balaban J connectivity index is 1.55. The number of rotatable bonds is 1. The second kappa shape index (κ2) is 7.24. The van der Waals surface area contributed by atoms with Crippen LogP contribution in [-0.4, -0.2) is 33.5 Å². The van der Waals surface area contributed by atoms with E-state index in [1.54, 1.807) is 0 Å². The van der Waals surface area contributed by atoms with Gasteiger partial charge in [-0.3, -0.25) is 4.79 Å². The monoisotopic (exact) mass is 474 g/mol. The van der Waals surface area contributed by atoms with Gasteiger partial charge in [0.1, 0.15) is 0 Å². The van der Waals surface area contributed by atoms with Gasteiger partial charge in [-0.25, -0.2) is 0 Å². The minimum atomic E-state index is -0.658. The van der Waals surface area contributed by atoms with Gasteiger partial charge in [0.05, 0.1) is 17.6 Å². The van der Waals surface area contributed by atoms with Crippen LogP contribution in [0.15, 0.2) is 0 Å². The average molecular weight is 475 g/mol. The standard InChI is InChI=1S/C30H50O4/c1-25(2)12-14-30(24(33)34)15-13-28(6)18(19(30)16-25)8-9-22-27(5)17-20(31)23(32)26(3,4)21(27)10-11-29(22,28)7/h18-23,31-32H,8-17H2,1-7H3,(H,33,34)/t18-,19+,20-,21+,22-,23+,27+,28-,29-,30+/m1/s1. The van der Waals surface area contributed by atoms with E-state index in [-0.39, 0.29) is 33.0 Å². The van der Waals surface area contributed by atoms with Gasteiger partial charge < -0.3 is 15.3 Å². The van der Waals surface area contributed by atoms with E-state index in [0.717, 1.165) is 57.8 Å². The molecule has 0 bridgehead atoms. The van der Waals surface area contributed by atoms with Crippen LogP contribution in [0, 0.1) is 56.2 Å². The molecule has 5 rings (SSSR count). The van der Waals surface area contributed by atoms with Crippen molar-refractivity contribution >= 4 is 5.97 Å². The maximum absolute atomic E-state index is 12.8. The van der Waals surface area contributed by atoms with Gasteiger partial charge in [-0.1, -0.05) is 48.5 Å². The van der Waals surface area contributed by atoms with Gasteiger partial charge in [0, 0.05) is 0 Å². The lowest BCUT2D eigenvalue weighted by atomic mass is 9.31. The quantitative estimate of drug-likeness (QED) is 0.418. The number of carbonyl (C=O) groups is 1. The fraction of sp³-hybridized carbons (Fsp3) is 0.967. The van der Waals surface area contributed by atoms with Crippen molar-refractivity contribution in [3.05, 3.63) is 0 Å². The zero-order valence-corrected chi connectivity index (χ0v) is 22.8. The summed E-state index contributed by atoms with van der Waals surface area (Å²) in [4.78, 5) is 12.8. The van der Waals surface area contributed by atoms with Crippen molar-refractivity contribution in [3.63, 3.8) is 0 Å². The van der Waals surface area contributed by atoms with E-state index < -0.39 is 23.6 Å². The Morgan fingerprint density at radius 2 is 1.35 bits per heavy atom. The molecule has 0 aromatic heterocycles. The van der Waals surface area contributed by atoms with E-state index in [4.69, 9.17) is 0 Å². The van der Waals surface area contributed by atoms with Crippen LogP contribution in [0.25, 0.3) is 0 Å². The third-order valence-electron chi connectivity index (χ3n) is 13.6. The first-order valence-corrected chi connectivity index (χ1v) is 14.1. The van der Waals surface area contributed by atoms with Crippen LogP contribution in [0.5, 0.6) is 0 Å². The molecule has 5 aliphatic rings. The molecular weight excluding hydrogens is 424 g/mol. The summed E-state index contributed by atoms with van der Waals surface area (Å²) in [7, 11) is 0. The highest BCUT2D eigenvalue weighted by molar-refractivity contribution is 5.75. The van der Waals surface area contributed by atoms with E-state index in [2.05, 4.69) is 48.5 Å². The predicted octanol–water partition coefficient (Wildman–Crippen LogP) is 6.28. The van der Waals surface area contributed by atoms with Crippen LogP contribution < -0.4 is 0 Å². The van der Waals surface area contributed by atoms with Gasteiger partial charge in [0.25, 0.3) is 0 Å². The summed E-state index contributed by atoms with van der Waals surface area (Å²) < 4.78 is 0. The minimum Gasteiger partial charge on any atom is -0.481 e. The number of hydrogen-bond donors (Lipinski definition) is 3. The van der Waals surface area contributed by atoms with Crippen molar-refractivity contribution < 1.29 is 20.1 Å². The molecule has 5 saturated carbocycles. The van der Waals surface area contributed by atoms with E-state index in [0.29, 0.717) is 24.2 Å². The number of fused-ring (bicyclic) bond motifs is 7.